The summed E-state index contributed by atoms with van der Waals surface area (Å²) in [5, 5.41) is 0. The van der Waals surface area contributed by atoms with Gasteiger partial charge in [-0.2, -0.15) is 0 Å². The van der Waals surface area contributed by atoms with E-state index >= 15 is 0 Å². The van der Waals surface area contributed by atoms with Gasteiger partial charge in [0.2, 0.25) is 0 Å². The third-order valence-electron chi connectivity index (χ3n) is 6.51. The van der Waals surface area contributed by atoms with Crippen molar-refractivity contribution in [2.45, 2.75) is 110 Å². The van der Waals surface area contributed by atoms with Crippen LogP contribution in [-0.4, -0.2) is 60.8 Å². The second-order valence-corrected chi connectivity index (χ2v) is 11.9. The van der Waals surface area contributed by atoms with Gasteiger partial charge in [0, 0.05) is 33.8 Å². The standard InChI is InChI=1S/C24H54NO3Si/c1-7-10-13-16-20-25(21-17-14-11-8-2,22-18-15-12-9-3)23-19-24-29(26-4,27-5)28-6/h7-24H2,1-6H3/q+1. The Kier molecular flexibility index (Phi) is 18.8. The lowest BCUT2D eigenvalue weighted by molar-refractivity contribution is -0.929. The molecule has 0 radical (unpaired) electrons. The maximum Gasteiger partial charge on any atom is 0.500 e. The van der Waals surface area contributed by atoms with Crippen LogP contribution in [0.4, 0.5) is 0 Å². The molecule has 0 aromatic heterocycles. The van der Waals surface area contributed by atoms with E-state index in [4.69, 9.17) is 13.3 Å². The van der Waals surface area contributed by atoms with Crippen LogP contribution < -0.4 is 0 Å². The van der Waals surface area contributed by atoms with Gasteiger partial charge in [-0.15, -0.1) is 0 Å². The number of unbranched alkanes of at least 4 members (excludes halogenated alkanes) is 9. The van der Waals surface area contributed by atoms with E-state index in [1.165, 1.54) is 108 Å². The molecule has 0 spiro atoms. The van der Waals surface area contributed by atoms with Crippen molar-refractivity contribution in [3.63, 3.8) is 0 Å². The molecule has 176 valence electrons. The summed E-state index contributed by atoms with van der Waals surface area (Å²) < 4.78 is 18.3. The Morgan fingerprint density at radius 3 is 1.14 bits per heavy atom. The van der Waals surface area contributed by atoms with E-state index in [-0.39, 0.29) is 0 Å². The first kappa shape index (κ1) is 29.1. The summed E-state index contributed by atoms with van der Waals surface area (Å²) >= 11 is 0. The van der Waals surface area contributed by atoms with Crippen LogP contribution in [0.2, 0.25) is 6.04 Å². The fourth-order valence-corrected chi connectivity index (χ4v) is 6.18. The Labute approximate surface area is 184 Å². The fraction of sp³-hybridized carbons (Fsp3) is 1.00. The van der Waals surface area contributed by atoms with E-state index in [2.05, 4.69) is 20.8 Å². The molecule has 0 atom stereocenters. The first-order chi connectivity index (χ1) is 14.1. The van der Waals surface area contributed by atoms with Gasteiger partial charge in [-0.05, 0) is 38.5 Å². The highest BCUT2D eigenvalue weighted by Crippen LogP contribution is 2.22. The smallest absolute Gasteiger partial charge is 0.377 e. The van der Waals surface area contributed by atoms with Crippen LogP contribution in [0.3, 0.4) is 0 Å². The molecule has 5 heteroatoms. The lowest BCUT2D eigenvalue weighted by Gasteiger charge is -2.40. The molecule has 0 aliphatic heterocycles. The molecular weight excluding hydrogens is 378 g/mol. The van der Waals surface area contributed by atoms with Crippen molar-refractivity contribution in [2.75, 3.05) is 47.5 Å². The normalized spacial score (nSPS) is 12.6. The highest BCUT2D eigenvalue weighted by atomic mass is 28.4. The average molecular weight is 433 g/mol. The minimum Gasteiger partial charge on any atom is -0.377 e. The Hall–Kier alpha value is 0.0569. The highest BCUT2D eigenvalue weighted by molar-refractivity contribution is 6.60. The van der Waals surface area contributed by atoms with Gasteiger partial charge in [0.15, 0.2) is 0 Å². The molecule has 0 amide bonds. The average Bonchev–Trinajstić information content (AvgIpc) is 2.75. The Bertz CT molecular complexity index is 311. The van der Waals surface area contributed by atoms with Crippen LogP contribution in [0.5, 0.6) is 0 Å². The van der Waals surface area contributed by atoms with E-state index < -0.39 is 8.80 Å². The molecule has 0 fully saturated rings. The lowest BCUT2D eigenvalue weighted by Crippen LogP contribution is -2.52. The minimum atomic E-state index is -2.46. The monoisotopic (exact) mass is 432 g/mol. The van der Waals surface area contributed by atoms with Crippen molar-refractivity contribution in [2.24, 2.45) is 0 Å². The minimum absolute atomic E-state index is 0.926. The van der Waals surface area contributed by atoms with Crippen LogP contribution in [0, 0.1) is 0 Å². The first-order valence-corrected chi connectivity index (χ1v) is 14.5. The van der Waals surface area contributed by atoms with Crippen molar-refractivity contribution in [1.29, 1.82) is 0 Å². The lowest BCUT2D eigenvalue weighted by atomic mass is 10.1. The van der Waals surface area contributed by atoms with Crippen LogP contribution in [0.15, 0.2) is 0 Å². The van der Waals surface area contributed by atoms with E-state index in [0.29, 0.717) is 0 Å². The van der Waals surface area contributed by atoms with E-state index in [0.717, 1.165) is 12.5 Å². The Morgan fingerprint density at radius 2 is 0.828 bits per heavy atom. The van der Waals surface area contributed by atoms with Crippen LogP contribution in [-0.2, 0) is 13.3 Å². The molecule has 0 N–H and O–H groups in total. The number of quaternary nitrogens is 1. The third-order valence-corrected chi connectivity index (χ3v) is 9.34. The number of hydrogen-bond donors (Lipinski definition) is 0. The summed E-state index contributed by atoms with van der Waals surface area (Å²) in [6.07, 6.45) is 17.5. The maximum absolute atomic E-state index is 5.68. The Balaban J connectivity index is 5.04. The first-order valence-electron chi connectivity index (χ1n) is 12.6. The van der Waals surface area contributed by atoms with Gasteiger partial charge in [0.1, 0.15) is 0 Å². The molecule has 0 aromatic rings. The molecule has 0 heterocycles. The van der Waals surface area contributed by atoms with Gasteiger partial charge in [-0.1, -0.05) is 59.3 Å². The second-order valence-electron chi connectivity index (χ2n) is 8.82. The van der Waals surface area contributed by atoms with Gasteiger partial charge in [-0.3, -0.25) is 0 Å². The van der Waals surface area contributed by atoms with Crippen molar-refractivity contribution in [3.05, 3.63) is 0 Å². The van der Waals surface area contributed by atoms with Gasteiger partial charge >= 0.3 is 8.80 Å². The van der Waals surface area contributed by atoms with Crippen molar-refractivity contribution in [1.82, 2.24) is 0 Å². The topological polar surface area (TPSA) is 27.7 Å². The van der Waals surface area contributed by atoms with Crippen molar-refractivity contribution >= 4 is 8.80 Å². The van der Waals surface area contributed by atoms with Gasteiger partial charge in [-0.25, -0.2) is 0 Å². The maximum atomic E-state index is 5.68. The molecule has 0 aromatic carbocycles. The van der Waals surface area contributed by atoms with Gasteiger partial charge in [0.25, 0.3) is 0 Å². The predicted octanol–water partition coefficient (Wildman–Crippen LogP) is 6.81. The van der Waals surface area contributed by atoms with Crippen LogP contribution in [0.1, 0.15) is 104 Å². The molecule has 0 rings (SSSR count). The van der Waals surface area contributed by atoms with E-state index in [1.54, 1.807) is 21.3 Å². The molecular formula is C24H54NO3Si+. The molecule has 0 aliphatic rings. The zero-order valence-electron chi connectivity index (χ0n) is 20.9. The molecule has 4 nitrogen and oxygen atoms in total. The van der Waals surface area contributed by atoms with E-state index in [1.807, 2.05) is 0 Å². The van der Waals surface area contributed by atoms with Gasteiger partial charge in [0.05, 0.1) is 26.2 Å². The Morgan fingerprint density at radius 1 is 0.483 bits per heavy atom. The summed E-state index contributed by atoms with van der Waals surface area (Å²) in [6, 6.07) is 0.926. The molecule has 0 bridgehead atoms. The molecule has 29 heavy (non-hydrogen) atoms. The van der Waals surface area contributed by atoms with Crippen LogP contribution >= 0.6 is 0 Å². The summed E-state index contributed by atoms with van der Waals surface area (Å²) in [5.74, 6) is 0. The van der Waals surface area contributed by atoms with Crippen molar-refractivity contribution in [3.8, 4) is 0 Å². The van der Waals surface area contributed by atoms with Crippen molar-refractivity contribution < 1.29 is 17.8 Å². The summed E-state index contributed by atoms with van der Waals surface area (Å²) in [5.41, 5.74) is 0. The fourth-order valence-electron chi connectivity index (χ4n) is 4.48. The summed E-state index contributed by atoms with van der Waals surface area (Å²) in [6.45, 7) is 12.2. The highest BCUT2D eigenvalue weighted by Gasteiger charge is 2.38. The number of hydrogen-bond acceptors (Lipinski definition) is 3. The predicted molar refractivity (Wildman–Crippen MR) is 128 cm³/mol. The largest absolute Gasteiger partial charge is 0.500 e. The number of nitrogens with zero attached hydrogens (tertiary/aromatic N) is 1. The molecule has 0 aliphatic carbocycles. The van der Waals surface area contributed by atoms with Gasteiger partial charge < -0.3 is 17.8 Å². The summed E-state index contributed by atoms with van der Waals surface area (Å²) in [7, 11) is 2.75. The number of rotatable bonds is 22. The summed E-state index contributed by atoms with van der Waals surface area (Å²) in [4.78, 5) is 0. The third kappa shape index (κ3) is 13.2. The molecule has 0 saturated heterocycles. The quantitative estimate of drug-likeness (QED) is 0.107. The molecule has 0 unspecified atom stereocenters. The zero-order valence-corrected chi connectivity index (χ0v) is 21.9. The van der Waals surface area contributed by atoms with Crippen LogP contribution in [0.25, 0.3) is 0 Å². The van der Waals surface area contributed by atoms with E-state index in [9.17, 15) is 0 Å². The second kappa shape index (κ2) is 18.8. The SMILES string of the molecule is CCCCCC[N+](CCCCCC)(CCCCCC)CCC[Si](OC)(OC)OC. The molecule has 0 saturated carbocycles. The zero-order chi connectivity index (χ0) is 21.8.